The Morgan fingerprint density at radius 3 is 2.19 bits per heavy atom. The van der Waals surface area contributed by atoms with E-state index in [2.05, 4.69) is 0 Å². The molecule has 0 aromatic heterocycles. The average molecular weight is 347 g/mol. The van der Waals surface area contributed by atoms with Crippen molar-refractivity contribution in [3.63, 3.8) is 0 Å². The molecule has 10 heteroatoms. The molecule has 0 bridgehead atoms. The number of thioether (sulfide) groups is 1. The maximum absolute atomic E-state index is 13.5. The summed E-state index contributed by atoms with van der Waals surface area (Å²) < 4.78 is 78.6. The summed E-state index contributed by atoms with van der Waals surface area (Å²) in [6, 6.07) is -1.10. The quantitative estimate of drug-likeness (QED) is 0.581. The van der Waals surface area contributed by atoms with Crippen LogP contribution >= 0.6 is 11.8 Å². The monoisotopic (exact) mass is 347 g/mol. The number of aliphatic hydroxyl groups excluding tert-OH is 1. The predicted octanol–water partition coefficient (Wildman–Crippen LogP) is 1.64. The maximum atomic E-state index is 13.5. The minimum absolute atomic E-state index is 0.0824. The first kappa shape index (κ1) is 18.2. The van der Waals surface area contributed by atoms with Crippen molar-refractivity contribution in [2.24, 2.45) is 0 Å². The van der Waals surface area contributed by atoms with E-state index in [4.69, 9.17) is 5.11 Å². The van der Waals surface area contributed by atoms with Gasteiger partial charge in [0, 0.05) is 12.1 Å². The minimum Gasteiger partial charge on any atom is -0.395 e. The van der Waals surface area contributed by atoms with Crippen molar-refractivity contribution >= 4 is 21.8 Å². The molecule has 0 saturated heterocycles. The molecule has 0 heterocycles. The molecule has 1 rings (SSSR count). The second-order valence-corrected chi connectivity index (χ2v) is 6.72. The first-order chi connectivity index (χ1) is 9.74. The number of benzene rings is 1. The Bertz CT molecular complexity index is 584. The smallest absolute Gasteiger partial charge is 0.246 e. The molecule has 1 atom stereocenters. The highest BCUT2D eigenvalue weighted by Crippen LogP contribution is 2.24. The highest BCUT2D eigenvalue weighted by Gasteiger charge is 2.31. The van der Waals surface area contributed by atoms with Gasteiger partial charge >= 0.3 is 0 Å². The molecule has 1 unspecified atom stereocenters. The molecule has 0 spiro atoms. The molecule has 0 aliphatic heterocycles. The highest BCUT2D eigenvalue weighted by molar-refractivity contribution is 7.98. The molecule has 2 N–H and O–H groups in total. The van der Waals surface area contributed by atoms with Gasteiger partial charge in [0.15, 0.2) is 28.2 Å². The first-order valence-electron chi connectivity index (χ1n) is 5.69. The van der Waals surface area contributed by atoms with Gasteiger partial charge in [-0.1, -0.05) is 0 Å². The van der Waals surface area contributed by atoms with Crippen molar-refractivity contribution in [1.29, 1.82) is 0 Å². The normalized spacial score (nSPS) is 13.4. The van der Waals surface area contributed by atoms with Crippen LogP contribution in [0.2, 0.25) is 0 Å². The van der Waals surface area contributed by atoms with Crippen LogP contribution in [0.5, 0.6) is 0 Å². The van der Waals surface area contributed by atoms with E-state index < -0.39 is 50.8 Å². The molecule has 0 aliphatic carbocycles. The number of sulfonamides is 1. The molecule has 0 fully saturated rings. The Labute approximate surface area is 123 Å². The van der Waals surface area contributed by atoms with E-state index in [0.29, 0.717) is 5.75 Å². The molecule has 1 aromatic rings. The molecule has 21 heavy (non-hydrogen) atoms. The van der Waals surface area contributed by atoms with Crippen LogP contribution in [0.1, 0.15) is 6.42 Å². The highest BCUT2D eigenvalue weighted by atomic mass is 32.2. The number of aliphatic hydroxyl groups is 1. The Morgan fingerprint density at radius 1 is 1.24 bits per heavy atom. The topological polar surface area (TPSA) is 66.4 Å². The van der Waals surface area contributed by atoms with E-state index in [1.54, 1.807) is 6.26 Å². The van der Waals surface area contributed by atoms with Crippen LogP contribution < -0.4 is 4.72 Å². The van der Waals surface area contributed by atoms with Crippen molar-refractivity contribution in [2.45, 2.75) is 17.4 Å². The fourth-order valence-electron chi connectivity index (χ4n) is 1.51. The molecule has 0 aliphatic rings. The molecule has 120 valence electrons. The van der Waals surface area contributed by atoms with Gasteiger partial charge in [-0.15, -0.1) is 0 Å². The molecular formula is C11H13F4NO3S2. The summed E-state index contributed by atoms with van der Waals surface area (Å²) in [4.78, 5) is -1.73. The van der Waals surface area contributed by atoms with E-state index in [1.807, 2.05) is 4.72 Å². The zero-order valence-electron chi connectivity index (χ0n) is 10.9. The van der Waals surface area contributed by atoms with Gasteiger partial charge in [-0.25, -0.2) is 30.7 Å². The van der Waals surface area contributed by atoms with Crippen molar-refractivity contribution in [3.05, 3.63) is 29.3 Å². The molecule has 0 radical (unpaired) electrons. The van der Waals surface area contributed by atoms with Gasteiger partial charge in [0.1, 0.15) is 0 Å². The molecular weight excluding hydrogens is 334 g/mol. The molecule has 0 saturated carbocycles. The summed E-state index contributed by atoms with van der Waals surface area (Å²) in [6.45, 7) is -0.624. The van der Waals surface area contributed by atoms with Crippen molar-refractivity contribution in [3.8, 4) is 0 Å². The SMILES string of the molecule is CSCCC(CO)NS(=O)(=O)c1c(F)c(F)cc(F)c1F. The fourth-order valence-corrected chi connectivity index (χ4v) is 3.45. The van der Waals surface area contributed by atoms with Gasteiger partial charge in [-0.3, -0.25) is 0 Å². The number of hydrogen-bond acceptors (Lipinski definition) is 4. The second kappa shape index (κ2) is 7.43. The second-order valence-electron chi connectivity index (χ2n) is 4.08. The lowest BCUT2D eigenvalue weighted by Gasteiger charge is -2.16. The van der Waals surface area contributed by atoms with Crippen LogP contribution in [0.15, 0.2) is 11.0 Å². The van der Waals surface area contributed by atoms with Crippen molar-refractivity contribution in [2.75, 3.05) is 18.6 Å². The number of nitrogens with one attached hydrogen (secondary N) is 1. The summed E-state index contributed by atoms with van der Waals surface area (Å²) in [5, 5.41) is 9.04. The average Bonchev–Trinajstić information content (AvgIpc) is 2.41. The number of halogens is 4. The van der Waals surface area contributed by atoms with Crippen LogP contribution in [-0.2, 0) is 10.0 Å². The van der Waals surface area contributed by atoms with Crippen LogP contribution in [0.25, 0.3) is 0 Å². The Balaban J connectivity index is 3.19. The van der Waals surface area contributed by atoms with E-state index in [-0.39, 0.29) is 12.5 Å². The maximum Gasteiger partial charge on any atom is 0.246 e. The number of hydrogen-bond donors (Lipinski definition) is 2. The first-order valence-corrected chi connectivity index (χ1v) is 8.57. The van der Waals surface area contributed by atoms with Gasteiger partial charge in [0.05, 0.1) is 6.61 Å². The standard InChI is InChI=1S/C11H13F4NO3S2/c1-20-3-2-6(5-17)16-21(18,19)11-9(14)7(12)4-8(13)10(11)15/h4,6,16-17H,2-3,5H2,1H3. The zero-order valence-corrected chi connectivity index (χ0v) is 12.5. The third kappa shape index (κ3) is 4.31. The van der Waals surface area contributed by atoms with Crippen LogP contribution in [0, 0.1) is 23.3 Å². The Morgan fingerprint density at radius 2 is 1.76 bits per heavy atom. The van der Waals surface area contributed by atoms with E-state index in [0.717, 1.165) is 0 Å². The van der Waals surface area contributed by atoms with E-state index in [1.165, 1.54) is 11.8 Å². The van der Waals surface area contributed by atoms with E-state index >= 15 is 0 Å². The van der Waals surface area contributed by atoms with Gasteiger partial charge in [0.25, 0.3) is 0 Å². The summed E-state index contributed by atoms with van der Waals surface area (Å²) in [7, 11) is -4.86. The van der Waals surface area contributed by atoms with Crippen LogP contribution in [0.4, 0.5) is 17.6 Å². The lowest BCUT2D eigenvalue weighted by atomic mass is 10.3. The lowest BCUT2D eigenvalue weighted by molar-refractivity contribution is 0.254. The molecule has 4 nitrogen and oxygen atoms in total. The minimum atomic E-state index is -4.86. The Kier molecular flexibility index (Phi) is 6.44. The summed E-state index contributed by atoms with van der Waals surface area (Å²) in [5.41, 5.74) is 0. The summed E-state index contributed by atoms with van der Waals surface area (Å²) >= 11 is 1.36. The van der Waals surface area contributed by atoms with Crippen LogP contribution in [-0.4, -0.2) is 38.2 Å². The van der Waals surface area contributed by atoms with Crippen molar-refractivity contribution < 1.29 is 31.1 Å². The predicted molar refractivity (Wildman–Crippen MR) is 70.5 cm³/mol. The molecule has 1 aromatic carbocycles. The van der Waals surface area contributed by atoms with Gasteiger partial charge in [-0.05, 0) is 18.4 Å². The third-order valence-electron chi connectivity index (χ3n) is 2.55. The molecule has 0 amide bonds. The fraction of sp³-hybridized carbons (Fsp3) is 0.455. The van der Waals surface area contributed by atoms with Crippen molar-refractivity contribution in [1.82, 2.24) is 4.72 Å². The largest absolute Gasteiger partial charge is 0.395 e. The van der Waals surface area contributed by atoms with Gasteiger partial charge in [-0.2, -0.15) is 11.8 Å². The number of rotatable bonds is 7. The summed E-state index contributed by atoms with van der Waals surface area (Å²) in [5.74, 6) is -7.19. The third-order valence-corrected chi connectivity index (χ3v) is 4.74. The van der Waals surface area contributed by atoms with E-state index in [9.17, 15) is 26.0 Å². The summed E-state index contributed by atoms with van der Waals surface area (Å²) in [6.07, 6.45) is 1.92. The Hall–Kier alpha value is -0.840. The lowest BCUT2D eigenvalue weighted by Crippen LogP contribution is -2.38. The van der Waals surface area contributed by atoms with Gasteiger partial charge < -0.3 is 5.11 Å². The zero-order chi connectivity index (χ0) is 16.2. The van der Waals surface area contributed by atoms with Crippen LogP contribution in [0.3, 0.4) is 0 Å². The van der Waals surface area contributed by atoms with Gasteiger partial charge in [0.2, 0.25) is 10.0 Å².